The summed E-state index contributed by atoms with van der Waals surface area (Å²) in [5.74, 6) is 0.435. The first-order valence-electron chi connectivity index (χ1n) is 7.34. The lowest BCUT2D eigenvalue weighted by atomic mass is 10.0. The van der Waals surface area contributed by atoms with E-state index in [1.54, 1.807) is 30.6 Å². The molecule has 1 aromatic heterocycles. The number of hydrogen-bond donors (Lipinski definition) is 1. The molecule has 0 radical (unpaired) electrons. The highest BCUT2D eigenvalue weighted by atomic mass is 16.1. The van der Waals surface area contributed by atoms with Gasteiger partial charge in [-0.3, -0.25) is 9.78 Å². The van der Waals surface area contributed by atoms with E-state index in [1.165, 1.54) is 0 Å². The lowest BCUT2D eigenvalue weighted by molar-refractivity contribution is 0.0951. The third-order valence-electron chi connectivity index (χ3n) is 3.33. The molecule has 0 spiro atoms. The zero-order valence-electron chi connectivity index (χ0n) is 12.8. The smallest absolute Gasteiger partial charge is 0.252 e. The molecule has 0 bridgehead atoms. The molecule has 4 nitrogen and oxygen atoms in total. The number of carbonyl (C=O) groups is 1. The molecule has 2 rings (SSSR count). The number of hydrogen-bond acceptors (Lipinski definition) is 3. The standard InChI is InChI=1S/C18H19N3O/c1-13(2)6-7-21-18(22)17-9-16(11-20-12-17)15-5-3-4-14(8-15)10-19/h3-5,8-9,11-13H,6-7H2,1-2H3,(H,21,22). The molecule has 1 N–H and O–H groups in total. The minimum Gasteiger partial charge on any atom is -0.352 e. The van der Waals surface area contributed by atoms with Crippen molar-refractivity contribution in [3.05, 3.63) is 53.9 Å². The van der Waals surface area contributed by atoms with Gasteiger partial charge in [0.2, 0.25) is 0 Å². The molecular weight excluding hydrogens is 274 g/mol. The largest absolute Gasteiger partial charge is 0.352 e. The Hall–Kier alpha value is -2.67. The summed E-state index contributed by atoms with van der Waals surface area (Å²) < 4.78 is 0. The summed E-state index contributed by atoms with van der Waals surface area (Å²) in [5.41, 5.74) is 2.82. The zero-order valence-corrected chi connectivity index (χ0v) is 12.8. The molecular formula is C18H19N3O. The van der Waals surface area contributed by atoms with Gasteiger partial charge >= 0.3 is 0 Å². The molecule has 2 aromatic rings. The molecule has 1 amide bonds. The van der Waals surface area contributed by atoms with E-state index in [0.717, 1.165) is 17.5 Å². The number of carbonyl (C=O) groups excluding carboxylic acids is 1. The van der Waals surface area contributed by atoms with Crippen molar-refractivity contribution in [3.8, 4) is 17.2 Å². The molecule has 22 heavy (non-hydrogen) atoms. The number of nitriles is 1. The third-order valence-corrected chi connectivity index (χ3v) is 3.33. The summed E-state index contributed by atoms with van der Waals surface area (Å²) in [6.07, 6.45) is 4.20. The highest BCUT2D eigenvalue weighted by Gasteiger charge is 2.08. The summed E-state index contributed by atoms with van der Waals surface area (Å²) in [6, 6.07) is 11.2. The predicted molar refractivity (Wildman–Crippen MR) is 86.2 cm³/mol. The topological polar surface area (TPSA) is 65.8 Å². The van der Waals surface area contributed by atoms with Gasteiger partial charge in [-0.1, -0.05) is 26.0 Å². The van der Waals surface area contributed by atoms with Crippen LogP contribution in [0.15, 0.2) is 42.7 Å². The minimum absolute atomic E-state index is 0.119. The fourth-order valence-corrected chi connectivity index (χ4v) is 2.07. The quantitative estimate of drug-likeness (QED) is 0.918. The van der Waals surface area contributed by atoms with Crippen LogP contribution in [0.3, 0.4) is 0 Å². The molecule has 0 fully saturated rings. The molecule has 1 heterocycles. The van der Waals surface area contributed by atoms with Gasteiger partial charge in [0.15, 0.2) is 0 Å². The number of pyridine rings is 1. The number of benzene rings is 1. The van der Waals surface area contributed by atoms with Crippen LogP contribution in [-0.2, 0) is 0 Å². The Balaban J connectivity index is 2.16. The van der Waals surface area contributed by atoms with Crippen LogP contribution < -0.4 is 5.32 Å². The summed E-state index contributed by atoms with van der Waals surface area (Å²) >= 11 is 0. The zero-order chi connectivity index (χ0) is 15.9. The fourth-order valence-electron chi connectivity index (χ4n) is 2.07. The van der Waals surface area contributed by atoms with E-state index in [4.69, 9.17) is 5.26 Å². The molecule has 0 aliphatic heterocycles. The highest BCUT2D eigenvalue weighted by Crippen LogP contribution is 2.20. The minimum atomic E-state index is -0.119. The molecule has 0 atom stereocenters. The van der Waals surface area contributed by atoms with Crippen molar-refractivity contribution in [1.82, 2.24) is 10.3 Å². The Morgan fingerprint density at radius 3 is 2.82 bits per heavy atom. The average Bonchev–Trinajstić information content (AvgIpc) is 2.54. The van der Waals surface area contributed by atoms with E-state index < -0.39 is 0 Å². The number of nitrogens with zero attached hydrogens (tertiary/aromatic N) is 2. The van der Waals surface area contributed by atoms with E-state index in [9.17, 15) is 4.79 Å². The lowest BCUT2D eigenvalue weighted by Crippen LogP contribution is -2.25. The Morgan fingerprint density at radius 2 is 2.09 bits per heavy atom. The summed E-state index contributed by atoms with van der Waals surface area (Å²) in [4.78, 5) is 16.3. The van der Waals surface area contributed by atoms with Crippen molar-refractivity contribution in [2.75, 3.05) is 6.54 Å². The van der Waals surface area contributed by atoms with E-state index >= 15 is 0 Å². The normalized spacial score (nSPS) is 10.3. The van der Waals surface area contributed by atoms with E-state index in [-0.39, 0.29) is 5.91 Å². The summed E-state index contributed by atoms with van der Waals surface area (Å²) in [6.45, 7) is 4.90. The maximum absolute atomic E-state index is 12.1. The van der Waals surface area contributed by atoms with Crippen molar-refractivity contribution in [2.24, 2.45) is 5.92 Å². The van der Waals surface area contributed by atoms with Crippen LogP contribution >= 0.6 is 0 Å². The second-order valence-electron chi connectivity index (χ2n) is 5.59. The Morgan fingerprint density at radius 1 is 1.27 bits per heavy atom. The molecule has 0 saturated heterocycles. The van der Waals surface area contributed by atoms with Crippen LogP contribution in [0.25, 0.3) is 11.1 Å². The van der Waals surface area contributed by atoms with E-state index in [0.29, 0.717) is 23.6 Å². The molecule has 0 saturated carbocycles. The number of aromatic nitrogens is 1. The maximum Gasteiger partial charge on any atom is 0.252 e. The first kappa shape index (κ1) is 15.7. The van der Waals surface area contributed by atoms with Gasteiger partial charge in [-0.2, -0.15) is 5.26 Å². The number of nitrogens with one attached hydrogen (secondary N) is 1. The van der Waals surface area contributed by atoms with Crippen molar-refractivity contribution in [3.63, 3.8) is 0 Å². The van der Waals surface area contributed by atoms with E-state index in [1.807, 2.05) is 12.1 Å². The predicted octanol–water partition coefficient (Wildman–Crippen LogP) is 3.40. The van der Waals surface area contributed by atoms with Crippen molar-refractivity contribution in [2.45, 2.75) is 20.3 Å². The summed E-state index contributed by atoms with van der Waals surface area (Å²) in [7, 11) is 0. The van der Waals surface area contributed by atoms with Crippen LogP contribution in [0, 0.1) is 17.2 Å². The van der Waals surface area contributed by atoms with Crippen LogP contribution in [0.4, 0.5) is 0 Å². The lowest BCUT2D eigenvalue weighted by Gasteiger charge is -2.08. The van der Waals surface area contributed by atoms with Gasteiger partial charge in [-0.05, 0) is 36.1 Å². The third kappa shape index (κ3) is 4.16. The van der Waals surface area contributed by atoms with Crippen molar-refractivity contribution in [1.29, 1.82) is 5.26 Å². The van der Waals surface area contributed by atoms with Crippen molar-refractivity contribution >= 4 is 5.91 Å². The van der Waals surface area contributed by atoms with Crippen LogP contribution in [0.2, 0.25) is 0 Å². The molecule has 4 heteroatoms. The second kappa shape index (κ2) is 7.37. The first-order valence-corrected chi connectivity index (χ1v) is 7.34. The van der Waals surface area contributed by atoms with Gasteiger partial charge in [0.25, 0.3) is 5.91 Å². The SMILES string of the molecule is CC(C)CCNC(=O)c1cncc(-c2cccc(C#N)c2)c1. The average molecular weight is 293 g/mol. The van der Waals surface area contributed by atoms with Gasteiger partial charge in [0, 0.05) is 24.5 Å². The van der Waals surface area contributed by atoms with Crippen LogP contribution in [0.1, 0.15) is 36.2 Å². The molecule has 0 aliphatic rings. The Labute approximate surface area is 130 Å². The Kier molecular flexibility index (Phi) is 5.26. The van der Waals surface area contributed by atoms with Gasteiger partial charge in [0.05, 0.1) is 17.2 Å². The first-order chi connectivity index (χ1) is 10.6. The molecule has 112 valence electrons. The summed E-state index contributed by atoms with van der Waals surface area (Å²) in [5, 5.41) is 11.9. The molecule has 0 aliphatic carbocycles. The van der Waals surface area contributed by atoms with Crippen LogP contribution in [-0.4, -0.2) is 17.4 Å². The molecule has 0 unspecified atom stereocenters. The fraction of sp³-hybridized carbons (Fsp3) is 0.278. The van der Waals surface area contributed by atoms with E-state index in [2.05, 4.69) is 30.2 Å². The van der Waals surface area contributed by atoms with Gasteiger partial charge < -0.3 is 5.32 Å². The number of rotatable bonds is 5. The monoisotopic (exact) mass is 293 g/mol. The van der Waals surface area contributed by atoms with Gasteiger partial charge in [-0.15, -0.1) is 0 Å². The highest BCUT2D eigenvalue weighted by molar-refractivity contribution is 5.95. The van der Waals surface area contributed by atoms with Gasteiger partial charge in [-0.25, -0.2) is 0 Å². The number of amides is 1. The second-order valence-corrected chi connectivity index (χ2v) is 5.59. The maximum atomic E-state index is 12.1. The molecule has 1 aromatic carbocycles. The van der Waals surface area contributed by atoms with Gasteiger partial charge in [0.1, 0.15) is 0 Å². The van der Waals surface area contributed by atoms with Crippen molar-refractivity contribution < 1.29 is 4.79 Å². The Bertz CT molecular complexity index is 701. The van der Waals surface area contributed by atoms with Crippen LogP contribution in [0.5, 0.6) is 0 Å².